The van der Waals surface area contributed by atoms with E-state index in [2.05, 4.69) is 28.6 Å². The lowest BCUT2D eigenvalue weighted by Gasteiger charge is -2.13. The minimum absolute atomic E-state index is 0.188. The van der Waals surface area contributed by atoms with Gasteiger partial charge in [0.1, 0.15) is 17.2 Å². The first kappa shape index (κ1) is 26.9. The fourth-order valence-corrected chi connectivity index (χ4v) is 4.53. The van der Waals surface area contributed by atoms with Crippen LogP contribution in [0.2, 0.25) is 5.15 Å². The lowest BCUT2D eigenvalue weighted by atomic mass is 9.98. The van der Waals surface area contributed by atoms with Crippen molar-refractivity contribution < 1.29 is 10.3 Å². The van der Waals surface area contributed by atoms with Crippen molar-refractivity contribution in [1.29, 1.82) is 0 Å². The average molecular weight is 529 g/mol. The Hall–Kier alpha value is -4.11. The molecule has 0 aliphatic carbocycles. The molecule has 38 heavy (non-hydrogen) atoms. The van der Waals surface area contributed by atoms with Crippen molar-refractivity contribution in [3.8, 4) is 11.1 Å². The number of hydrogen-bond acceptors (Lipinski definition) is 5. The van der Waals surface area contributed by atoms with E-state index in [-0.39, 0.29) is 10.9 Å². The van der Waals surface area contributed by atoms with Crippen LogP contribution in [0.4, 0.5) is 0 Å². The normalized spacial score (nSPS) is 11.5. The van der Waals surface area contributed by atoms with E-state index in [1.807, 2.05) is 53.1 Å². The molecule has 0 aliphatic rings. The van der Waals surface area contributed by atoms with Gasteiger partial charge in [0.15, 0.2) is 11.0 Å². The quantitative estimate of drug-likeness (QED) is 0.0893. The van der Waals surface area contributed by atoms with Crippen LogP contribution < -0.4 is 17.1 Å². The van der Waals surface area contributed by atoms with Gasteiger partial charge in [-0.2, -0.15) is 5.84 Å². The topological polar surface area (TPSA) is 129 Å². The highest BCUT2D eigenvalue weighted by Gasteiger charge is 2.24. The maximum atomic E-state index is 13.5. The molecule has 2 heterocycles. The van der Waals surface area contributed by atoms with Gasteiger partial charge in [0.25, 0.3) is 0 Å². The molecule has 0 saturated heterocycles. The van der Waals surface area contributed by atoms with E-state index in [1.54, 1.807) is 24.4 Å². The first-order valence-electron chi connectivity index (χ1n) is 12.4. The van der Waals surface area contributed by atoms with Gasteiger partial charge < -0.3 is 10.3 Å². The number of quaternary nitrogens is 1. The van der Waals surface area contributed by atoms with E-state index in [4.69, 9.17) is 23.2 Å². The van der Waals surface area contributed by atoms with Gasteiger partial charge in [-0.25, -0.2) is 4.98 Å². The van der Waals surface area contributed by atoms with Gasteiger partial charge in [0.2, 0.25) is 5.78 Å². The Morgan fingerprint density at radius 2 is 1.92 bits per heavy atom. The zero-order valence-electron chi connectivity index (χ0n) is 21.3. The Morgan fingerprint density at radius 1 is 1.16 bits per heavy atom. The summed E-state index contributed by atoms with van der Waals surface area (Å²) in [6.07, 6.45) is 5.95. The van der Waals surface area contributed by atoms with Crippen LogP contribution in [0.3, 0.4) is 0 Å². The van der Waals surface area contributed by atoms with Crippen LogP contribution in [0, 0.1) is 0 Å². The van der Waals surface area contributed by atoms with E-state index in [0.717, 1.165) is 46.5 Å². The molecule has 4 rings (SSSR count). The van der Waals surface area contributed by atoms with Crippen LogP contribution in [0.15, 0.2) is 78.5 Å². The molecular weight excluding hydrogens is 498 g/mol. The third-order valence-electron chi connectivity index (χ3n) is 6.25. The minimum atomic E-state index is -0.266. The highest BCUT2D eigenvalue weighted by Crippen LogP contribution is 2.26. The average Bonchev–Trinajstić information content (AvgIpc) is 3.26. The Balaban J connectivity index is 1.68. The maximum absolute atomic E-state index is 13.5. The predicted molar refractivity (Wildman–Crippen MR) is 151 cm³/mol. The molecule has 0 unspecified atom stereocenters. The molecule has 4 aromatic rings. The van der Waals surface area contributed by atoms with Gasteiger partial charge in [-0.05, 0) is 39.8 Å². The van der Waals surface area contributed by atoms with Crippen LogP contribution in [0.25, 0.3) is 17.2 Å². The summed E-state index contributed by atoms with van der Waals surface area (Å²) < 4.78 is 1.91. The second-order valence-corrected chi connectivity index (χ2v) is 9.13. The van der Waals surface area contributed by atoms with Crippen LogP contribution in [-0.4, -0.2) is 26.2 Å². The van der Waals surface area contributed by atoms with Gasteiger partial charge in [-0.15, -0.1) is 5.53 Å². The highest BCUT2D eigenvalue weighted by molar-refractivity contribution is 6.33. The number of carbonyl (C=O) groups excluding carboxylic acids is 1. The van der Waals surface area contributed by atoms with Crippen molar-refractivity contribution in [2.75, 3.05) is 0 Å². The van der Waals surface area contributed by atoms with Gasteiger partial charge in [-0.3, -0.25) is 9.78 Å². The third-order valence-corrected chi connectivity index (χ3v) is 6.51. The first-order valence-corrected chi connectivity index (χ1v) is 12.8. The van der Waals surface area contributed by atoms with Crippen molar-refractivity contribution in [3.05, 3.63) is 112 Å². The maximum Gasteiger partial charge on any atom is 0.230 e. The van der Waals surface area contributed by atoms with Crippen molar-refractivity contribution in [1.82, 2.24) is 14.5 Å². The summed E-state index contributed by atoms with van der Waals surface area (Å²) in [5, 5.41) is 4.22. The summed E-state index contributed by atoms with van der Waals surface area (Å²) >= 11 is 6.55. The highest BCUT2D eigenvalue weighted by atomic mass is 35.5. The fourth-order valence-electron chi connectivity index (χ4n) is 4.24. The van der Waals surface area contributed by atoms with Gasteiger partial charge in [-0.1, -0.05) is 92.2 Å². The lowest BCUT2D eigenvalue weighted by molar-refractivity contribution is -0.673. The number of ketones is 1. The molecule has 0 radical (unpaired) electrons. The second kappa shape index (κ2) is 12.4. The molecule has 0 amide bonds. The van der Waals surface area contributed by atoms with Crippen LogP contribution in [-0.2, 0) is 13.0 Å². The second-order valence-electron chi connectivity index (χ2n) is 8.77. The number of pyridine rings is 1. The van der Waals surface area contributed by atoms with Crippen molar-refractivity contribution in [2.24, 2.45) is 16.7 Å². The summed E-state index contributed by atoms with van der Waals surface area (Å²) in [6, 6.07) is 19.3. The number of rotatable bonds is 11. The standard InChI is InChI=1S/C29H30ClN7O/c1-3-5-10-25-34-28(30)26(27(38)24-16-13-19(4-2)17-33-24)37(25)18-20-11-14-21(15-12-20)22-8-6-7-9-23(22)29(31)35-36-32/h4,6-9,11-17,36H,2-3,5,10,18,32H2,1H3,(H2,31,35)/p+1. The van der Waals surface area contributed by atoms with Gasteiger partial charge in [0.05, 0.1) is 0 Å². The van der Waals surface area contributed by atoms with Crippen molar-refractivity contribution in [3.63, 3.8) is 0 Å². The Morgan fingerprint density at radius 3 is 2.58 bits per heavy atom. The number of aromatic nitrogens is 3. The number of imidazole rings is 1. The number of carbonyl (C=O) groups is 1. The number of nitrogens with zero attached hydrogens (tertiary/aromatic N) is 4. The van der Waals surface area contributed by atoms with Gasteiger partial charge in [0, 0.05) is 24.7 Å². The molecule has 9 heteroatoms. The Bertz CT molecular complexity index is 1460. The summed E-state index contributed by atoms with van der Waals surface area (Å²) in [5.74, 6) is 6.29. The van der Waals surface area contributed by atoms with E-state index in [0.29, 0.717) is 30.2 Å². The largest absolute Gasteiger partial charge is 0.379 e. The van der Waals surface area contributed by atoms with Crippen molar-refractivity contribution in [2.45, 2.75) is 32.7 Å². The summed E-state index contributed by atoms with van der Waals surface area (Å²) in [5.41, 5.74) is 12.5. The van der Waals surface area contributed by atoms with Crippen LogP contribution >= 0.6 is 11.6 Å². The molecular formula is C29H31ClN7O+. The van der Waals surface area contributed by atoms with Crippen LogP contribution in [0.5, 0.6) is 0 Å². The molecule has 6 N–H and O–H groups in total. The Labute approximate surface area is 227 Å². The molecule has 0 atom stereocenters. The molecule has 194 valence electrons. The molecule has 2 aromatic heterocycles. The smallest absolute Gasteiger partial charge is 0.230 e. The van der Waals surface area contributed by atoms with E-state index in [1.165, 1.54) is 5.53 Å². The number of nitrogens with two attached hydrogens (primary N) is 3. The summed E-state index contributed by atoms with van der Waals surface area (Å²) in [4.78, 5) is 22.4. The van der Waals surface area contributed by atoms with E-state index in [9.17, 15) is 4.79 Å². The summed E-state index contributed by atoms with van der Waals surface area (Å²) in [6.45, 7) is 6.30. The molecule has 0 aliphatic heterocycles. The van der Waals surface area contributed by atoms with Gasteiger partial charge >= 0.3 is 0 Å². The summed E-state index contributed by atoms with van der Waals surface area (Å²) in [7, 11) is 0. The number of benzene rings is 2. The zero-order chi connectivity index (χ0) is 27.1. The number of unbranched alkanes of at least 4 members (excludes halogenated alkanes) is 1. The molecule has 8 nitrogen and oxygen atoms in total. The lowest BCUT2D eigenvalue weighted by Crippen LogP contribution is -2.86. The zero-order valence-corrected chi connectivity index (χ0v) is 22.0. The number of aryl methyl sites for hydroxylation is 1. The van der Waals surface area contributed by atoms with Crippen LogP contribution in [0.1, 0.15) is 58.5 Å². The first-order chi connectivity index (χ1) is 18.5. The molecule has 0 fully saturated rings. The number of amidine groups is 1. The van der Waals surface area contributed by atoms with E-state index >= 15 is 0 Å². The predicted octanol–water partition coefficient (Wildman–Crippen LogP) is 3.92. The fraction of sp³-hybridized carbons (Fsp3) is 0.172. The number of halogens is 1. The van der Waals surface area contributed by atoms with E-state index < -0.39 is 0 Å². The molecule has 0 saturated carbocycles. The minimum Gasteiger partial charge on any atom is -0.379 e. The van der Waals surface area contributed by atoms with Crippen molar-refractivity contribution >= 4 is 29.3 Å². The molecule has 0 bridgehead atoms. The number of hydrogen-bond donors (Lipinski definition) is 3. The molecule has 2 aromatic carbocycles. The monoisotopic (exact) mass is 528 g/mol. The molecule has 0 spiro atoms. The SMILES string of the molecule is C=Cc1ccc(C(=O)c2c(Cl)nc(CCCC)n2Cc2ccc(-c3ccccc3C(N)=N[NH2+]N)cc2)nc1. The third kappa shape index (κ3) is 5.89. The Kier molecular flexibility index (Phi) is 8.81.